The smallest absolute Gasteiger partial charge is 0.257 e. The number of carbonyl (C=O) groups is 1. The van der Waals surface area contributed by atoms with Crippen LogP contribution in [0.4, 0.5) is 0 Å². The van der Waals surface area contributed by atoms with Crippen molar-refractivity contribution in [3.05, 3.63) is 66.0 Å². The summed E-state index contributed by atoms with van der Waals surface area (Å²) in [6.45, 7) is 1.27. The summed E-state index contributed by atoms with van der Waals surface area (Å²) in [5, 5.41) is 4.08. The van der Waals surface area contributed by atoms with Gasteiger partial charge in [-0.3, -0.25) is 4.79 Å². The van der Waals surface area contributed by atoms with Gasteiger partial charge in [-0.05, 0) is 30.2 Å². The van der Waals surface area contributed by atoms with Gasteiger partial charge in [-0.2, -0.15) is 4.98 Å². The molecule has 0 bridgehead atoms. The molecule has 1 saturated heterocycles. The highest BCUT2D eigenvalue weighted by atomic mass is 16.5. The average molecular weight is 363 g/mol. The molecule has 0 radical (unpaired) electrons. The molecule has 0 N–H and O–H groups in total. The number of amides is 1. The Morgan fingerprint density at radius 2 is 1.89 bits per heavy atom. The maximum absolute atomic E-state index is 12.4. The zero-order valence-corrected chi connectivity index (χ0v) is 15.2. The number of carbonyl (C=O) groups excluding carboxylic acids is 1. The van der Waals surface area contributed by atoms with Gasteiger partial charge in [-0.25, -0.2) is 0 Å². The van der Waals surface area contributed by atoms with Crippen LogP contribution >= 0.6 is 0 Å². The van der Waals surface area contributed by atoms with E-state index in [-0.39, 0.29) is 11.8 Å². The number of ether oxygens (including phenoxy) is 1. The number of rotatable bonds is 6. The zero-order valence-electron chi connectivity index (χ0n) is 15.2. The molecule has 2 heterocycles. The quantitative estimate of drug-likeness (QED) is 0.672. The number of likely N-dealkylation sites (tertiary alicyclic amines) is 1. The normalized spacial score (nSPS) is 14.0. The van der Waals surface area contributed by atoms with E-state index < -0.39 is 0 Å². The van der Waals surface area contributed by atoms with Gasteiger partial charge in [-0.1, -0.05) is 41.6 Å². The predicted molar refractivity (Wildman–Crippen MR) is 100 cm³/mol. The molecule has 138 valence electrons. The fourth-order valence-electron chi connectivity index (χ4n) is 3.25. The average Bonchev–Trinajstić information content (AvgIpc) is 3.16. The van der Waals surface area contributed by atoms with Crippen molar-refractivity contribution in [3.8, 4) is 17.2 Å². The largest absolute Gasteiger partial charge is 0.496 e. The minimum absolute atomic E-state index is 0.140. The number of hydrogen-bond donors (Lipinski definition) is 0. The number of aryl methyl sites for hydroxylation is 1. The molecule has 1 aliphatic heterocycles. The molecule has 0 aliphatic carbocycles. The first-order chi connectivity index (χ1) is 13.2. The Balaban J connectivity index is 1.30. The molecular weight excluding hydrogens is 342 g/mol. The molecule has 4 rings (SSSR count). The van der Waals surface area contributed by atoms with Crippen LogP contribution in [-0.2, 0) is 11.2 Å². The van der Waals surface area contributed by atoms with Crippen LogP contribution < -0.4 is 4.74 Å². The van der Waals surface area contributed by atoms with E-state index in [1.54, 1.807) is 7.11 Å². The molecule has 0 saturated carbocycles. The maximum Gasteiger partial charge on any atom is 0.257 e. The van der Waals surface area contributed by atoms with Crippen LogP contribution in [0.3, 0.4) is 0 Å². The third kappa shape index (κ3) is 3.69. The summed E-state index contributed by atoms with van der Waals surface area (Å²) in [7, 11) is 1.65. The number of aromatic nitrogens is 2. The van der Waals surface area contributed by atoms with E-state index in [2.05, 4.69) is 10.1 Å². The van der Waals surface area contributed by atoms with Gasteiger partial charge < -0.3 is 14.2 Å². The standard InChI is InChI=1S/C21H21N3O3/c1-26-18-10-6-5-7-15(18)11-12-19(25)24-13-17(14-24)20-22-21(27-23-20)16-8-3-2-4-9-16/h2-10,17H,11-14H2,1H3. The Bertz CT molecular complexity index is 917. The fourth-order valence-corrected chi connectivity index (χ4v) is 3.25. The Morgan fingerprint density at radius 3 is 2.67 bits per heavy atom. The third-order valence-corrected chi connectivity index (χ3v) is 4.86. The van der Waals surface area contributed by atoms with Gasteiger partial charge in [0.05, 0.1) is 13.0 Å². The van der Waals surface area contributed by atoms with Crippen LogP contribution in [-0.4, -0.2) is 41.1 Å². The Morgan fingerprint density at radius 1 is 1.15 bits per heavy atom. The van der Waals surface area contributed by atoms with E-state index in [0.717, 1.165) is 16.9 Å². The van der Waals surface area contributed by atoms with E-state index in [9.17, 15) is 4.79 Å². The van der Waals surface area contributed by atoms with Gasteiger partial charge in [0.15, 0.2) is 5.82 Å². The third-order valence-electron chi connectivity index (χ3n) is 4.86. The lowest BCUT2D eigenvalue weighted by Gasteiger charge is -2.37. The van der Waals surface area contributed by atoms with Crippen LogP contribution in [0.15, 0.2) is 59.1 Å². The zero-order chi connectivity index (χ0) is 18.6. The molecule has 0 unspecified atom stereocenters. The van der Waals surface area contributed by atoms with Crippen molar-refractivity contribution in [2.45, 2.75) is 18.8 Å². The summed E-state index contributed by atoms with van der Waals surface area (Å²) in [4.78, 5) is 18.7. The number of para-hydroxylation sites is 1. The van der Waals surface area contributed by atoms with E-state index in [1.165, 1.54) is 0 Å². The predicted octanol–water partition coefficient (Wildman–Crippen LogP) is 3.30. The number of hydrogen-bond acceptors (Lipinski definition) is 5. The van der Waals surface area contributed by atoms with E-state index >= 15 is 0 Å². The van der Waals surface area contributed by atoms with Crippen LogP contribution in [0.5, 0.6) is 5.75 Å². The first-order valence-corrected chi connectivity index (χ1v) is 9.03. The topological polar surface area (TPSA) is 68.5 Å². The van der Waals surface area contributed by atoms with E-state index in [0.29, 0.717) is 37.6 Å². The highest BCUT2D eigenvalue weighted by Gasteiger charge is 2.34. The maximum atomic E-state index is 12.4. The second-order valence-corrected chi connectivity index (χ2v) is 6.63. The molecule has 27 heavy (non-hydrogen) atoms. The van der Waals surface area contributed by atoms with Crippen LogP contribution in [0.2, 0.25) is 0 Å². The molecule has 0 atom stereocenters. The van der Waals surface area contributed by atoms with Gasteiger partial charge in [-0.15, -0.1) is 0 Å². The van der Waals surface area contributed by atoms with Gasteiger partial charge in [0.1, 0.15) is 5.75 Å². The van der Waals surface area contributed by atoms with Crippen LogP contribution in [0.25, 0.3) is 11.5 Å². The van der Waals surface area contributed by atoms with Crippen molar-refractivity contribution in [3.63, 3.8) is 0 Å². The molecule has 3 aromatic rings. The number of methoxy groups -OCH3 is 1. The van der Waals surface area contributed by atoms with Crippen LogP contribution in [0, 0.1) is 0 Å². The Hall–Kier alpha value is -3.15. The van der Waals surface area contributed by atoms with Crippen molar-refractivity contribution in [1.82, 2.24) is 15.0 Å². The molecule has 6 nitrogen and oxygen atoms in total. The van der Waals surface area contributed by atoms with Crippen molar-refractivity contribution >= 4 is 5.91 Å². The van der Waals surface area contributed by atoms with Crippen molar-refractivity contribution in [2.24, 2.45) is 0 Å². The summed E-state index contributed by atoms with van der Waals surface area (Å²) in [5.41, 5.74) is 1.96. The lowest BCUT2D eigenvalue weighted by molar-refractivity contribution is -0.135. The first-order valence-electron chi connectivity index (χ1n) is 9.03. The Labute approximate surface area is 157 Å². The molecule has 2 aromatic carbocycles. The van der Waals surface area contributed by atoms with Gasteiger partial charge in [0.25, 0.3) is 5.89 Å². The minimum Gasteiger partial charge on any atom is -0.496 e. The summed E-state index contributed by atoms with van der Waals surface area (Å²) in [6, 6.07) is 17.5. The number of nitrogens with zero attached hydrogens (tertiary/aromatic N) is 3. The Kier molecular flexibility index (Phi) is 4.87. The monoisotopic (exact) mass is 363 g/mol. The van der Waals surface area contributed by atoms with Gasteiger partial charge in [0, 0.05) is 25.1 Å². The first kappa shape index (κ1) is 17.3. The van der Waals surface area contributed by atoms with Crippen molar-refractivity contribution in [1.29, 1.82) is 0 Å². The van der Waals surface area contributed by atoms with Crippen molar-refractivity contribution in [2.75, 3.05) is 20.2 Å². The van der Waals surface area contributed by atoms with Gasteiger partial charge in [0.2, 0.25) is 5.91 Å². The molecular formula is C21H21N3O3. The minimum atomic E-state index is 0.140. The fraction of sp³-hybridized carbons (Fsp3) is 0.286. The summed E-state index contributed by atoms with van der Waals surface area (Å²) in [6.07, 6.45) is 1.14. The SMILES string of the molecule is COc1ccccc1CCC(=O)N1CC(c2noc(-c3ccccc3)n2)C1. The van der Waals surface area contributed by atoms with Crippen molar-refractivity contribution < 1.29 is 14.1 Å². The number of benzene rings is 2. The molecule has 0 spiro atoms. The van der Waals surface area contributed by atoms with E-state index in [1.807, 2.05) is 59.5 Å². The molecule has 1 amide bonds. The molecule has 1 fully saturated rings. The van der Waals surface area contributed by atoms with Crippen LogP contribution in [0.1, 0.15) is 23.7 Å². The summed E-state index contributed by atoms with van der Waals surface area (Å²) >= 11 is 0. The highest BCUT2D eigenvalue weighted by molar-refractivity contribution is 5.77. The molecule has 6 heteroatoms. The summed E-state index contributed by atoms with van der Waals surface area (Å²) < 4.78 is 10.7. The lowest BCUT2D eigenvalue weighted by atomic mass is 9.98. The second kappa shape index (κ2) is 7.61. The molecule has 1 aliphatic rings. The van der Waals surface area contributed by atoms with E-state index in [4.69, 9.17) is 9.26 Å². The summed E-state index contributed by atoms with van der Waals surface area (Å²) in [5.74, 6) is 2.30. The molecule has 1 aromatic heterocycles. The lowest BCUT2D eigenvalue weighted by Crippen LogP contribution is -2.48. The van der Waals surface area contributed by atoms with Gasteiger partial charge >= 0.3 is 0 Å². The second-order valence-electron chi connectivity index (χ2n) is 6.63. The highest BCUT2D eigenvalue weighted by Crippen LogP contribution is 2.28.